The Morgan fingerprint density at radius 1 is 0.805 bits per heavy atom. The molecule has 1 saturated heterocycles. The molecule has 41 heavy (non-hydrogen) atoms. The van der Waals surface area contributed by atoms with Crippen LogP contribution in [0.4, 0.5) is 0 Å². The smallest absolute Gasteiger partial charge is 0.345 e. The lowest BCUT2D eigenvalue weighted by molar-refractivity contribution is -0.154. The first-order chi connectivity index (χ1) is 19.7. The van der Waals surface area contributed by atoms with Crippen molar-refractivity contribution in [2.24, 2.45) is 11.8 Å². The van der Waals surface area contributed by atoms with E-state index in [0.29, 0.717) is 17.9 Å². The van der Waals surface area contributed by atoms with Crippen molar-refractivity contribution in [1.82, 2.24) is 10.0 Å². The Hall–Kier alpha value is -3.72. The van der Waals surface area contributed by atoms with E-state index in [2.05, 4.69) is 0 Å². The van der Waals surface area contributed by atoms with Crippen molar-refractivity contribution < 1.29 is 28.7 Å². The molecule has 0 bridgehead atoms. The second-order valence-electron chi connectivity index (χ2n) is 9.79. The van der Waals surface area contributed by atoms with Gasteiger partial charge >= 0.3 is 5.97 Å². The van der Waals surface area contributed by atoms with Gasteiger partial charge in [0.25, 0.3) is 17.7 Å². The van der Waals surface area contributed by atoms with Crippen LogP contribution in [0.1, 0.15) is 56.8 Å². The number of benzene rings is 3. The van der Waals surface area contributed by atoms with Crippen LogP contribution < -0.4 is 4.74 Å². The molecule has 1 aliphatic heterocycles. The predicted octanol–water partition coefficient (Wildman–Crippen LogP) is 6.28. The molecule has 0 radical (unpaired) electrons. The van der Waals surface area contributed by atoms with Gasteiger partial charge < -0.3 is 4.74 Å². The van der Waals surface area contributed by atoms with Crippen molar-refractivity contribution in [3.05, 3.63) is 98.5 Å². The summed E-state index contributed by atoms with van der Waals surface area (Å²) in [5.74, 6) is -3.86. The van der Waals surface area contributed by atoms with E-state index in [4.69, 9.17) is 39.5 Å². The highest BCUT2D eigenvalue weighted by molar-refractivity contribution is 6.36. The van der Waals surface area contributed by atoms with E-state index in [9.17, 15) is 24.0 Å². The summed E-state index contributed by atoms with van der Waals surface area (Å²) in [4.78, 5) is 66.2. The number of carbonyl (C=O) groups excluding carboxylic acids is 5. The van der Waals surface area contributed by atoms with E-state index in [1.54, 1.807) is 12.1 Å². The fourth-order valence-corrected chi connectivity index (χ4v) is 5.85. The maximum Gasteiger partial charge on any atom is 0.345 e. The summed E-state index contributed by atoms with van der Waals surface area (Å²) < 4.78 is 5.36. The number of carbonyl (C=O) groups is 5. The van der Waals surface area contributed by atoms with E-state index in [-0.39, 0.29) is 32.5 Å². The molecule has 1 saturated carbocycles. The third kappa shape index (κ3) is 5.86. The zero-order valence-corrected chi connectivity index (χ0v) is 23.8. The molecule has 210 valence electrons. The van der Waals surface area contributed by atoms with E-state index in [1.807, 2.05) is 0 Å². The van der Waals surface area contributed by atoms with Crippen molar-refractivity contribution in [3.8, 4) is 5.75 Å². The SMILES string of the molecule is O=C(CN(C(=O)c1ccccc1Cl)N1C(=O)[C@@H]2CCCC[C@H]2C1=O)c1ccc(OC(=O)c2ccc(Cl)cc2Cl)cc1. The van der Waals surface area contributed by atoms with Crippen molar-refractivity contribution >= 4 is 64.3 Å². The van der Waals surface area contributed by atoms with Gasteiger partial charge in [-0.3, -0.25) is 19.2 Å². The number of hydrogen-bond donors (Lipinski definition) is 0. The minimum atomic E-state index is -0.741. The molecule has 5 rings (SSSR count). The molecule has 3 amide bonds. The van der Waals surface area contributed by atoms with Gasteiger partial charge in [0.15, 0.2) is 5.78 Å². The fraction of sp³-hybridized carbons (Fsp3) is 0.233. The standard InChI is InChI=1S/C30H23Cl3N2O6/c31-18-11-14-23(25(33)15-18)30(40)41-19-12-9-17(10-13-19)26(36)16-34(27(37)22-7-3-4-8-24(22)32)35-28(38)20-5-1-2-6-21(20)29(35)39/h3-4,7-15,20-21H,1-2,5-6,16H2/t20-,21-/m1/s1. The number of halogens is 3. The Kier molecular flexibility index (Phi) is 8.45. The first kappa shape index (κ1) is 28.8. The van der Waals surface area contributed by atoms with Crippen LogP contribution >= 0.6 is 34.8 Å². The van der Waals surface area contributed by atoms with Crippen LogP contribution in [-0.2, 0) is 9.59 Å². The van der Waals surface area contributed by atoms with Crippen molar-refractivity contribution in [2.75, 3.05) is 6.54 Å². The number of ketones is 1. The van der Waals surface area contributed by atoms with Crippen LogP contribution in [-0.4, -0.2) is 46.0 Å². The van der Waals surface area contributed by atoms with Crippen LogP contribution in [0.3, 0.4) is 0 Å². The maximum atomic E-state index is 13.6. The van der Waals surface area contributed by atoms with Gasteiger partial charge in [-0.2, -0.15) is 5.01 Å². The highest BCUT2D eigenvalue weighted by Gasteiger charge is 2.52. The quantitative estimate of drug-likeness (QED) is 0.135. The molecular formula is C30H23Cl3N2O6. The van der Waals surface area contributed by atoms with Gasteiger partial charge in [-0.05, 0) is 67.4 Å². The summed E-state index contributed by atoms with van der Waals surface area (Å²) in [6.07, 6.45) is 2.73. The van der Waals surface area contributed by atoms with Gasteiger partial charge in [0.2, 0.25) is 0 Å². The maximum absolute atomic E-state index is 13.6. The number of Topliss-reactive ketones (excluding diaryl/α,β-unsaturated/α-hetero) is 1. The third-order valence-corrected chi connectivity index (χ3v) is 8.11. The van der Waals surface area contributed by atoms with Crippen molar-refractivity contribution in [3.63, 3.8) is 0 Å². The molecular weight excluding hydrogens is 591 g/mol. The number of ether oxygens (including phenoxy) is 1. The molecule has 2 atom stereocenters. The number of fused-ring (bicyclic) bond motifs is 1. The van der Waals surface area contributed by atoms with Crippen LogP contribution in [0.15, 0.2) is 66.7 Å². The molecule has 3 aromatic carbocycles. The number of hydrogen-bond acceptors (Lipinski definition) is 6. The second kappa shape index (κ2) is 12.0. The van der Waals surface area contributed by atoms with Gasteiger partial charge in [0.1, 0.15) is 12.3 Å². The Morgan fingerprint density at radius 3 is 2.05 bits per heavy atom. The summed E-state index contributed by atoms with van der Waals surface area (Å²) in [6, 6.07) is 16.2. The summed E-state index contributed by atoms with van der Waals surface area (Å²) >= 11 is 18.2. The number of hydrazine groups is 1. The Morgan fingerprint density at radius 2 is 1.44 bits per heavy atom. The number of esters is 1. The van der Waals surface area contributed by atoms with Crippen LogP contribution in [0, 0.1) is 11.8 Å². The Bertz CT molecular complexity index is 1530. The van der Waals surface area contributed by atoms with E-state index in [1.165, 1.54) is 54.6 Å². The normalized spacial score (nSPS) is 18.2. The highest BCUT2D eigenvalue weighted by atomic mass is 35.5. The number of imide groups is 1. The molecule has 1 aliphatic carbocycles. The fourth-order valence-electron chi connectivity index (χ4n) is 5.14. The number of nitrogens with zero attached hydrogens (tertiary/aromatic N) is 2. The molecule has 0 unspecified atom stereocenters. The predicted molar refractivity (Wildman–Crippen MR) is 152 cm³/mol. The molecule has 3 aromatic rings. The van der Waals surface area contributed by atoms with Crippen molar-refractivity contribution in [2.45, 2.75) is 25.7 Å². The van der Waals surface area contributed by atoms with E-state index >= 15 is 0 Å². The van der Waals surface area contributed by atoms with Crippen LogP contribution in [0.25, 0.3) is 0 Å². The van der Waals surface area contributed by atoms with Gasteiger partial charge in [0.05, 0.1) is 33.0 Å². The topological polar surface area (TPSA) is 101 Å². The lowest BCUT2D eigenvalue weighted by atomic mass is 9.81. The van der Waals surface area contributed by atoms with Crippen molar-refractivity contribution in [1.29, 1.82) is 0 Å². The highest BCUT2D eigenvalue weighted by Crippen LogP contribution is 2.39. The Labute approximate surface area is 250 Å². The minimum absolute atomic E-state index is 0.0561. The zero-order valence-electron chi connectivity index (χ0n) is 21.5. The summed E-state index contributed by atoms with van der Waals surface area (Å²) in [6.45, 7) is -0.583. The summed E-state index contributed by atoms with van der Waals surface area (Å²) in [7, 11) is 0. The zero-order chi connectivity index (χ0) is 29.3. The average molecular weight is 614 g/mol. The molecule has 0 aromatic heterocycles. The van der Waals surface area contributed by atoms with E-state index in [0.717, 1.165) is 22.9 Å². The lowest BCUT2D eigenvalue weighted by Crippen LogP contribution is -2.52. The summed E-state index contributed by atoms with van der Waals surface area (Å²) in [5.41, 5.74) is 0.341. The molecule has 2 aliphatic rings. The molecule has 0 spiro atoms. The molecule has 8 nitrogen and oxygen atoms in total. The minimum Gasteiger partial charge on any atom is -0.423 e. The van der Waals surface area contributed by atoms with Crippen LogP contribution in [0.2, 0.25) is 15.1 Å². The van der Waals surface area contributed by atoms with Gasteiger partial charge in [-0.25, -0.2) is 9.80 Å². The van der Waals surface area contributed by atoms with Gasteiger partial charge in [0, 0.05) is 10.6 Å². The lowest BCUT2D eigenvalue weighted by Gasteiger charge is -2.30. The monoisotopic (exact) mass is 612 g/mol. The first-order valence-corrected chi connectivity index (χ1v) is 14.0. The molecule has 0 N–H and O–H groups in total. The number of rotatable bonds is 7. The van der Waals surface area contributed by atoms with Gasteiger partial charge in [-0.1, -0.05) is 59.8 Å². The second-order valence-corrected chi connectivity index (χ2v) is 11.0. The average Bonchev–Trinajstić information content (AvgIpc) is 3.21. The number of amides is 3. The Balaban J connectivity index is 1.37. The molecule has 2 fully saturated rings. The van der Waals surface area contributed by atoms with E-state index < -0.39 is 47.9 Å². The third-order valence-electron chi connectivity index (χ3n) is 7.23. The largest absolute Gasteiger partial charge is 0.423 e. The van der Waals surface area contributed by atoms with Gasteiger partial charge in [-0.15, -0.1) is 0 Å². The van der Waals surface area contributed by atoms with Crippen LogP contribution in [0.5, 0.6) is 5.75 Å². The first-order valence-electron chi connectivity index (χ1n) is 12.9. The summed E-state index contributed by atoms with van der Waals surface area (Å²) in [5, 5.41) is 2.34. The molecule has 1 heterocycles. The molecule has 11 heteroatoms.